The number of hydrogen-bond acceptors (Lipinski definition) is 2. The van der Waals surface area contributed by atoms with Crippen LogP contribution in [-0.4, -0.2) is 4.98 Å². The Morgan fingerprint density at radius 2 is 2.00 bits per heavy atom. The summed E-state index contributed by atoms with van der Waals surface area (Å²) < 4.78 is 5.46. The first-order valence-electron chi connectivity index (χ1n) is 5.12. The van der Waals surface area contributed by atoms with Gasteiger partial charge in [-0.2, -0.15) is 0 Å². The van der Waals surface area contributed by atoms with Gasteiger partial charge in [-0.3, -0.25) is 4.79 Å². The van der Waals surface area contributed by atoms with Crippen molar-refractivity contribution in [2.45, 2.75) is 13.5 Å². The van der Waals surface area contributed by atoms with Gasteiger partial charge < -0.3 is 9.72 Å². The molecule has 0 amide bonds. The molecule has 2 aromatic rings. The fourth-order valence-electron chi connectivity index (χ4n) is 1.45. The highest BCUT2D eigenvalue weighted by atomic mass is 16.5. The lowest BCUT2D eigenvalue weighted by Crippen LogP contribution is -2.10. The molecular formula is C13H13NO2. The van der Waals surface area contributed by atoms with Gasteiger partial charge in [0.25, 0.3) is 5.56 Å². The van der Waals surface area contributed by atoms with Gasteiger partial charge in [-0.25, -0.2) is 0 Å². The number of aromatic amines is 1. The van der Waals surface area contributed by atoms with Crippen LogP contribution in [0, 0.1) is 6.92 Å². The second-order valence-corrected chi connectivity index (χ2v) is 3.58. The van der Waals surface area contributed by atoms with E-state index in [2.05, 4.69) is 4.98 Å². The van der Waals surface area contributed by atoms with Crippen LogP contribution < -0.4 is 10.3 Å². The summed E-state index contributed by atoms with van der Waals surface area (Å²) >= 11 is 0. The average molecular weight is 215 g/mol. The summed E-state index contributed by atoms with van der Waals surface area (Å²) in [5.74, 6) is 0.353. The Morgan fingerprint density at radius 3 is 2.75 bits per heavy atom. The number of hydrogen-bond donors (Lipinski definition) is 1. The van der Waals surface area contributed by atoms with E-state index < -0.39 is 0 Å². The van der Waals surface area contributed by atoms with Gasteiger partial charge in [0.15, 0.2) is 5.75 Å². The van der Waals surface area contributed by atoms with Gasteiger partial charge in [-0.05, 0) is 30.2 Å². The third-order valence-corrected chi connectivity index (χ3v) is 2.43. The number of rotatable bonds is 3. The lowest BCUT2D eigenvalue weighted by Gasteiger charge is -2.07. The number of nitrogens with one attached hydrogen (secondary N) is 1. The molecule has 2 rings (SSSR count). The van der Waals surface area contributed by atoms with E-state index in [1.54, 1.807) is 18.3 Å². The van der Waals surface area contributed by atoms with Gasteiger partial charge in [0.2, 0.25) is 0 Å². The lowest BCUT2D eigenvalue weighted by molar-refractivity contribution is 0.301. The first-order valence-corrected chi connectivity index (χ1v) is 5.12. The molecule has 3 heteroatoms. The van der Waals surface area contributed by atoms with E-state index in [1.807, 2.05) is 31.2 Å². The highest BCUT2D eigenvalue weighted by Crippen LogP contribution is 2.10. The SMILES string of the molecule is Cc1ccccc1COc1ccc[nH]c1=O. The molecule has 3 nitrogen and oxygen atoms in total. The van der Waals surface area contributed by atoms with Crippen LogP contribution in [0.2, 0.25) is 0 Å². The maximum atomic E-state index is 11.3. The largest absolute Gasteiger partial charge is 0.483 e. The molecule has 0 saturated carbocycles. The van der Waals surface area contributed by atoms with Crippen LogP contribution in [0.5, 0.6) is 5.75 Å². The monoisotopic (exact) mass is 215 g/mol. The topological polar surface area (TPSA) is 42.1 Å². The Morgan fingerprint density at radius 1 is 1.19 bits per heavy atom. The van der Waals surface area contributed by atoms with Crippen LogP contribution in [0.4, 0.5) is 0 Å². The van der Waals surface area contributed by atoms with Gasteiger partial charge in [0.1, 0.15) is 6.61 Å². The summed E-state index contributed by atoms with van der Waals surface area (Å²) in [7, 11) is 0. The molecule has 0 atom stereocenters. The molecule has 16 heavy (non-hydrogen) atoms. The van der Waals surface area contributed by atoms with Crippen molar-refractivity contribution in [3.05, 3.63) is 64.1 Å². The molecule has 0 aliphatic carbocycles. The molecule has 0 saturated heterocycles. The Labute approximate surface area is 93.7 Å². The predicted octanol–water partition coefficient (Wildman–Crippen LogP) is 2.26. The normalized spacial score (nSPS) is 10.1. The van der Waals surface area contributed by atoms with E-state index in [-0.39, 0.29) is 5.56 Å². The van der Waals surface area contributed by atoms with Crippen LogP contribution >= 0.6 is 0 Å². The number of H-pyrrole nitrogens is 1. The molecule has 1 N–H and O–H groups in total. The van der Waals surface area contributed by atoms with Crippen LogP contribution in [-0.2, 0) is 6.61 Å². The van der Waals surface area contributed by atoms with Crippen LogP contribution in [0.1, 0.15) is 11.1 Å². The van der Waals surface area contributed by atoms with E-state index >= 15 is 0 Å². The Kier molecular flexibility index (Phi) is 3.05. The molecule has 0 radical (unpaired) electrons. The summed E-state index contributed by atoms with van der Waals surface area (Å²) in [4.78, 5) is 13.9. The van der Waals surface area contributed by atoms with Crippen molar-refractivity contribution in [1.82, 2.24) is 4.98 Å². The van der Waals surface area contributed by atoms with Crippen LogP contribution in [0.3, 0.4) is 0 Å². The maximum absolute atomic E-state index is 11.3. The van der Waals surface area contributed by atoms with E-state index in [9.17, 15) is 4.79 Å². The van der Waals surface area contributed by atoms with E-state index in [1.165, 1.54) is 0 Å². The molecule has 0 unspecified atom stereocenters. The molecule has 1 aromatic heterocycles. The van der Waals surface area contributed by atoms with Crippen molar-refractivity contribution >= 4 is 0 Å². The number of pyridine rings is 1. The van der Waals surface area contributed by atoms with Crippen molar-refractivity contribution in [3.8, 4) is 5.75 Å². The molecule has 0 aliphatic rings. The van der Waals surface area contributed by atoms with Gasteiger partial charge in [0.05, 0.1) is 0 Å². The van der Waals surface area contributed by atoms with E-state index in [4.69, 9.17) is 4.74 Å². The number of ether oxygens (including phenoxy) is 1. The summed E-state index contributed by atoms with van der Waals surface area (Å²) in [6.45, 7) is 2.44. The third-order valence-electron chi connectivity index (χ3n) is 2.43. The van der Waals surface area contributed by atoms with Crippen molar-refractivity contribution < 1.29 is 4.74 Å². The minimum Gasteiger partial charge on any atom is -0.483 e. The fraction of sp³-hybridized carbons (Fsp3) is 0.154. The molecule has 0 bridgehead atoms. The molecule has 0 aliphatic heterocycles. The van der Waals surface area contributed by atoms with Crippen molar-refractivity contribution in [2.24, 2.45) is 0 Å². The summed E-state index contributed by atoms with van der Waals surface area (Å²) in [5, 5.41) is 0. The highest BCUT2D eigenvalue weighted by molar-refractivity contribution is 5.26. The molecule has 0 fully saturated rings. The third kappa shape index (κ3) is 2.31. The molecule has 0 spiro atoms. The Hall–Kier alpha value is -2.03. The quantitative estimate of drug-likeness (QED) is 0.853. The van der Waals surface area contributed by atoms with Gasteiger partial charge in [-0.1, -0.05) is 24.3 Å². The zero-order valence-corrected chi connectivity index (χ0v) is 9.07. The van der Waals surface area contributed by atoms with Gasteiger partial charge in [0, 0.05) is 6.20 Å². The predicted molar refractivity (Wildman–Crippen MR) is 62.6 cm³/mol. The highest BCUT2D eigenvalue weighted by Gasteiger charge is 2.01. The smallest absolute Gasteiger partial charge is 0.290 e. The lowest BCUT2D eigenvalue weighted by atomic mass is 10.1. The average Bonchev–Trinajstić information content (AvgIpc) is 2.30. The first kappa shape index (κ1) is 10.5. The fourth-order valence-corrected chi connectivity index (χ4v) is 1.45. The molecule has 1 aromatic carbocycles. The van der Waals surface area contributed by atoms with Gasteiger partial charge in [-0.15, -0.1) is 0 Å². The molecule has 82 valence electrons. The number of aromatic nitrogens is 1. The number of aryl methyl sites for hydroxylation is 1. The van der Waals surface area contributed by atoms with Crippen molar-refractivity contribution in [3.63, 3.8) is 0 Å². The molecule has 1 heterocycles. The Bertz CT molecular complexity index is 531. The van der Waals surface area contributed by atoms with Crippen LogP contribution in [0.15, 0.2) is 47.4 Å². The van der Waals surface area contributed by atoms with E-state index in [0.717, 1.165) is 11.1 Å². The summed E-state index contributed by atoms with van der Waals surface area (Å²) in [6, 6.07) is 11.4. The second kappa shape index (κ2) is 4.66. The van der Waals surface area contributed by atoms with Gasteiger partial charge >= 0.3 is 0 Å². The summed E-state index contributed by atoms with van der Waals surface area (Å²) in [6.07, 6.45) is 1.59. The van der Waals surface area contributed by atoms with Crippen molar-refractivity contribution in [2.75, 3.05) is 0 Å². The maximum Gasteiger partial charge on any atom is 0.290 e. The molecular weight excluding hydrogens is 202 g/mol. The number of benzene rings is 1. The van der Waals surface area contributed by atoms with E-state index in [0.29, 0.717) is 12.4 Å². The first-order chi connectivity index (χ1) is 7.77. The second-order valence-electron chi connectivity index (χ2n) is 3.58. The zero-order valence-electron chi connectivity index (χ0n) is 9.07. The standard InChI is InChI=1S/C13H13NO2/c1-10-5-2-3-6-11(10)9-16-12-7-4-8-14-13(12)15/h2-8H,9H2,1H3,(H,14,15). The minimum atomic E-state index is -0.198. The summed E-state index contributed by atoms with van der Waals surface area (Å²) in [5.41, 5.74) is 2.05. The van der Waals surface area contributed by atoms with Crippen LogP contribution in [0.25, 0.3) is 0 Å². The zero-order chi connectivity index (χ0) is 11.4. The Balaban J connectivity index is 2.12. The van der Waals surface area contributed by atoms with Crippen molar-refractivity contribution in [1.29, 1.82) is 0 Å². The minimum absolute atomic E-state index is 0.198.